The van der Waals surface area contributed by atoms with Crippen molar-refractivity contribution in [2.24, 2.45) is 5.84 Å². The Labute approximate surface area is 115 Å². The van der Waals surface area contributed by atoms with Crippen LogP contribution in [0.25, 0.3) is 0 Å². The second-order valence-electron chi connectivity index (χ2n) is 5.60. The van der Waals surface area contributed by atoms with E-state index in [-0.39, 0.29) is 5.79 Å². The molecule has 2 aliphatic heterocycles. The third kappa shape index (κ3) is 2.36. The first-order valence-electron chi connectivity index (χ1n) is 7.43. The van der Waals surface area contributed by atoms with Gasteiger partial charge in [-0.15, -0.1) is 0 Å². The van der Waals surface area contributed by atoms with Crippen LogP contribution in [-0.4, -0.2) is 30.3 Å². The minimum atomic E-state index is -0.184. The maximum atomic E-state index is 6.51. The van der Waals surface area contributed by atoms with Crippen LogP contribution >= 0.6 is 0 Å². The van der Waals surface area contributed by atoms with E-state index < -0.39 is 0 Å². The number of nitrogens with zero attached hydrogens (tertiary/aromatic N) is 2. The lowest BCUT2D eigenvalue weighted by Crippen LogP contribution is -2.72. The fourth-order valence-corrected chi connectivity index (χ4v) is 3.39. The molecule has 1 unspecified atom stereocenters. The summed E-state index contributed by atoms with van der Waals surface area (Å²) in [7, 11) is 0. The van der Waals surface area contributed by atoms with Crippen molar-refractivity contribution in [3.63, 3.8) is 0 Å². The second kappa shape index (κ2) is 5.49. The first-order chi connectivity index (χ1) is 9.33. The fourth-order valence-electron chi connectivity index (χ4n) is 3.39. The van der Waals surface area contributed by atoms with Gasteiger partial charge >= 0.3 is 0 Å². The average Bonchev–Trinajstić information content (AvgIpc) is 3.03. The standard InChI is InChI=1S/C15H24N4/c16-19(14-8-2-1-3-9-14)15(10-4-5-11-17-15)18-12-6-7-13-18/h1-3,8-9,17H,4-7,10-13,16H2. The molecule has 2 fully saturated rings. The molecule has 1 atom stereocenters. The van der Waals surface area contributed by atoms with Gasteiger partial charge in [-0.2, -0.15) is 0 Å². The van der Waals surface area contributed by atoms with Gasteiger partial charge < -0.3 is 0 Å². The molecule has 0 spiro atoms. The van der Waals surface area contributed by atoms with E-state index in [1.807, 2.05) is 11.1 Å². The Balaban J connectivity index is 1.89. The van der Waals surface area contributed by atoms with E-state index in [0.29, 0.717) is 0 Å². The van der Waals surface area contributed by atoms with Crippen molar-refractivity contribution in [2.75, 3.05) is 24.6 Å². The quantitative estimate of drug-likeness (QED) is 0.643. The van der Waals surface area contributed by atoms with E-state index in [9.17, 15) is 0 Å². The van der Waals surface area contributed by atoms with E-state index in [2.05, 4.69) is 34.5 Å². The summed E-state index contributed by atoms with van der Waals surface area (Å²) < 4.78 is 0. The van der Waals surface area contributed by atoms with Gasteiger partial charge in [0.05, 0.1) is 5.69 Å². The summed E-state index contributed by atoms with van der Waals surface area (Å²) in [5.74, 6) is 6.33. The van der Waals surface area contributed by atoms with Gasteiger partial charge in [0.25, 0.3) is 0 Å². The van der Waals surface area contributed by atoms with Gasteiger partial charge in [0.1, 0.15) is 0 Å². The van der Waals surface area contributed by atoms with Crippen LogP contribution in [0, 0.1) is 0 Å². The molecule has 0 saturated carbocycles. The first-order valence-corrected chi connectivity index (χ1v) is 7.43. The predicted molar refractivity (Wildman–Crippen MR) is 78.5 cm³/mol. The highest BCUT2D eigenvalue weighted by atomic mass is 15.6. The number of para-hydroxylation sites is 1. The number of nitrogens with one attached hydrogen (secondary N) is 1. The van der Waals surface area contributed by atoms with E-state index in [1.54, 1.807) is 0 Å². The smallest absolute Gasteiger partial charge is 0.162 e. The maximum absolute atomic E-state index is 6.51. The molecule has 2 aliphatic rings. The Hall–Kier alpha value is -1.10. The number of anilines is 1. The molecule has 3 N–H and O–H groups in total. The predicted octanol–water partition coefficient (Wildman–Crippen LogP) is 1.89. The molecule has 2 heterocycles. The van der Waals surface area contributed by atoms with Crippen molar-refractivity contribution in [1.82, 2.24) is 10.2 Å². The molecule has 3 rings (SSSR count). The zero-order valence-corrected chi connectivity index (χ0v) is 11.5. The van der Waals surface area contributed by atoms with Crippen LogP contribution in [0.15, 0.2) is 30.3 Å². The highest BCUT2D eigenvalue weighted by Gasteiger charge is 2.43. The molecule has 104 valence electrons. The number of piperidine rings is 1. The van der Waals surface area contributed by atoms with Gasteiger partial charge in [-0.05, 0) is 50.8 Å². The molecule has 0 aromatic heterocycles. The van der Waals surface area contributed by atoms with Crippen LogP contribution in [0.1, 0.15) is 32.1 Å². The molecule has 0 amide bonds. The molecule has 4 heteroatoms. The number of hydrogen-bond donors (Lipinski definition) is 2. The van der Waals surface area contributed by atoms with Gasteiger partial charge in [-0.3, -0.25) is 15.2 Å². The van der Waals surface area contributed by atoms with Crippen molar-refractivity contribution < 1.29 is 0 Å². The minimum Gasteiger partial charge on any atom is -0.281 e. The van der Waals surface area contributed by atoms with E-state index in [1.165, 1.54) is 25.7 Å². The Morgan fingerprint density at radius 2 is 1.79 bits per heavy atom. The zero-order chi connectivity index (χ0) is 13.1. The maximum Gasteiger partial charge on any atom is 0.162 e. The third-order valence-corrected chi connectivity index (χ3v) is 4.42. The average molecular weight is 260 g/mol. The Morgan fingerprint density at radius 3 is 2.42 bits per heavy atom. The number of rotatable bonds is 3. The molecule has 0 bridgehead atoms. The second-order valence-corrected chi connectivity index (χ2v) is 5.60. The summed E-state index contributed by atoms with van der Waals surface area (Å²) in [6.45, 7) is 3.35. The SMILES string of the molecule is NN(c1ccccc1)C1(N2CCCC2)CCCCN1. The highest BCUT2D eigenvalue weighted by molar-refractivity contribution is 5.47. The zero-order valence-electron chi connectivity index (χ0n) is 11.5. The summed E-state index contributed by atoms with van der Waals surface area (Å²) in [5.41, 5.74) is 1.09. The van der Waals surface area contributed by atoms with Gasteiger partial charge in [-0.25, -0.2) is 5.84 Å². The summed E-state index contributed by atoms with van der Waals surface area (Å²) in [5, 5.41) is 5.66. The summed E-state index contributed by atoms with van der Waals surface area (Å²) >= 11 is 0. The topological polar surface area (TPSA) is 44.5 Å². The fraction of sp³-hybridized carbons (Fsp3) is 0.600. The monoisotopic (exact) mass is 260 g/mol. The largest absolute Gasteiger partial charge is 0.281 e. The molecule has 1 aromatic rings. The van der Waals surface area contributed by atoms with E-state index in [4.69, 9.17) is 5.84 Å². The van der Waals surface area contributed by atoms with Crippen LogP contribution in [-0.2, 0) is 0 Å². The number of likely N-dealkylation sites (tertiary alicyclic amines) is 1. The van der Waals surface area contributed by atoms with Gasteiger partial charge in [0.15, 0.2) is 5.79 Å². The Morgan fingerprint density at radius 1 is 1.05 bits per heavy atom. The highest BCUT2D eigenvalue weighted by Crippen LogP contribution is 2.32. The van der Waals surface area contributed by atoms with Crippen molar-refractivity contribution in [3.05, 3.63) is 30.3 Å². The van der Waals surface area contributed by atoms with Crippen molar-refractivity contribution in [3.8, 4) is 0 Å². The van der Waals surface area contributed by atoms with Gasteiger partial charge in [0, 0.05) is 13.1 Å². The summed E-state index contributed by atoms with van der Waals surface area (Å²) in [4.78, 5) is 2.53. The molecular formula is C15H24N4. The van der Waals surface area contributed by atoms with Crippen molar-refractivity contribution in [2.45, 2.75) is 37.9 Å². The Kier molecular flexibility index (Phi) is 3.73. The van der Waals surface area contributed by atoms with Crippen LogP contribution in [0.2, 0.25) is 0 Å². The number of hydrogen-bond acceptors (Lipinski definition) is 4. The van der Waals surface area contributed by atoms with Crippen LogP contribution < -0.4 is 16.2 Å². The Bertz CT molecular complexity index is 394. The molecule has 0 aliphatic carbocycles. The number of nitrogens with two attached hydrogens (primary N) is 1. The minimum absolute atomic E-state index is 0.184. The lowest BCUT2D eigenvalue weighted by Gasteiger charge is -2.51. The molecular weight excluding hydrogens is 236 g/mol. The van der Waals surface area contributed by atoms with Crippen LogP contribution in [0.3, 0.4) is 0 Å². The normalized spacial score (nSPS) is 28.5. The van der Waals surface area contributed by atoms with Crippen LogP contribution in [0.5, 0.6) is 0 Å². The molecule has 0 radical (unpaired) electrons. The van der Waals surface area contributed by atoms with E-state index >= 15 is 0 Å². The van der Waals surface area contributed by atoms with Gasteiger partial charge in [0.2, 0.25) is 0 Å². The lowest BCUT2D eigenvalue weighted by atomic mass is 10.0. The third-order valence-electron chi connectivity index (χ3n) is 4.42. The summed E-state index contributed by atoms with van der Waals surface area (Å²) in [6.07, 6.45) is 6.15. The molecule has 1 aromatic carbocycles. The lowest BCUT2D eigenvalue weighted by molar-refractivity contribution is 0.0457. The van der Waals surface area contributed by atoms with Crippen molar-refractivity contribution in [1.29, 1.82) is 0 Å². The summed E-state index contributed by atoms with van der Waals surface area (Å²) in [6, 6.07) is 10.3. The molecule has 4 nitrogen and oxygen atoms in total. The first kappa shape index (κ1) is 12.9. The number of hydrazine groups is 1. The van der Waals surface area contributed by atoms with E-state index in [0.717, 1.165) is 31.7 Å². The van der Waals surface area contributed by atoms with Crippen molar-refractivity contribution >= 4 is 5.69 Å². The van der Waals surface area contributed by atoms with Crippen LogP contribution in [0.4, 0.5) is 5.69 Å². The number of benzene rings is 1. The molecule has 2 saturated heterocycles. The molecule has 19 heavy (non-hydrogen) atoms. The van der Waals surface area contributed by atoms with Gasteiger partial charge in [-0.1, -0.05) is 18.2 Å².